The summed E-state index contributed by atoms with van der Waals surface area (Å²) in [5, 5.41) is 23.4. The van der Waals surface area contributed by atoms with E-state index in [1.807, 2.05) is 6.07 Å². The Morgan fingerprint density at radius 2 is 2.21 bits per heavy atom. The predicted octanol–water partition coefficient (Wildman–Crippen LogP) is 2.03. The van der Waals surface area contributed by atoms with Crippen LogP contribution in [-0.2, 0) is 11.8 Å². The van der Waals surface area contributed by atoms with Gasteiger partial charge in [-0.05, 0) is 6.07 Å². The summed E-state index contributed by atoms with van der Waals surface area (Å²) in [4.78, 5) is 26.3. The van der Waals surface area contributed by atoms with E-state index in [2.05, 4.69) is 25.7 Å². The number of benzene rings is 1. The molecule has 10 nitrogen and oxygen atoms in total. The lowest BCUT2D eigenvalue weighted by molar-refractivity contribution is -0.384. The second-order valence-electron chi connectivity index (χ2n) is 5.54. The van der Waals surface area contributed by atoms with Crippen LogP contribution in [0.15, 0.2) is 59.0 Å². The molecule has 142 valence electrons. The molecule has 0 unspecified atom stereocenters. The molecule has 0 aliphatic carbocycles. The largest absolute Gasteiger partial charge is 0.305 e. The number of hydrogen-bond acceptors (Lipinski definition) is 8. The number of pyridine rings is 1. The molecule has 3 rings (SSSR count). The van der Waals surface area contributed by atoms with Crippen molar-refractivity contribution in [2.45, 2.75) is 5.16 Å². The maximum Gasteiger partial charge on any atom is 0.270 e. The lowest BCUT2D eigenvalue weighted by Gasteiger charge is -2.03. The lowest BCUT2D eigenvalue weighted by atomic mass is 10.2. The van der Waals surface area contributed by atoms with E-state index in [-0.39, 0.29) is 17.3 Å². The predicted molar refractivity (Wildman–Crippen MR) is 104 cm³/mol. The zero-order valence-corrected chi connectivity index (χ0v) is 15.5. The van der Waals surface area contributed by atoms with Gasteiger partial charge in [-0.25, -0.2) is 5.43 Å². The summed E-state index contributed by atoms with van der Waals surface area (Å²) in [5.41, 5.74) is 3.74. The Morgan fingerprint density at radius 1 is 1.36 bits per heavy atom. The molecule has 0 fully saturated rings. The molecule has 0 aliphatic heterocycles. The molecule has 0 saturated carbocycles. The molecule has 0 aliphatic rings. The van der Waals surface area contributed by atoms with Gasteiger partial charge in [0.05, 0.1) is 16.9 Å². The standard InChI is InChI=1S/C17H15N7O3S/c1-23-16(13-5-2-6-14(8-13)24(26)27)21-22-17(23)28-11-15(25)20-19-10-12-4-3-7-18-9-12/h2-10H,11H2,1H3,(H,20,25)/b19-10+. The first-order valence-corrected chi connectivity index (χ1v) is 9.02. The van der Waals surface area contributed by atoms with E-state index < -0.39 is 4.92 Å². The van der Waals surface area contributed by atoms with Crippen molar-refractivity contribution in [1.82, 2.24) is 25.2 Å². The monoisotopic (exact) mass is 397 g/mol. The molecular weight excluding hydrogens is 382 g/mol. The number of carbonyl (C=O) groups is 1. The SMILES string of the molecule is Cn1c(SCC(=O)N/N=C/c2cccnc2)nnc1-c1cccc([N+](=O)[O-])c1. The number of carbonyl (C=O) groups excluding carboxylic acids is 1. The Balaban J connectivity index is 1.60. The van der Waals surface area contributed by atoms with Crippen molar-refractivity contribution in [1.29, 1.82) is 0 Å². The molecule has 0 saturated heterocycles. The fourth-order valence-electron chi connectivity index (χ4n) is 2.24. The van der Waals surface area contributed by atoms with Crippen LogP contribution < -0.4 is 5.43 Å². The zero-order valence-electron chi connectivity index (χ0n) is 14.7. The number of rotatable bonds is 7. The molecule has 11 heteroatoms. The summed E-state index contributed by atoms with van der Waals surface area (Å²) in [6.07, 6.45) is 4.77. The number of hydrogen-bond donors (Lipinski definition) is 1. The van der Waals surface area contributed by atoms with Crippen LogP contribution in [0.3, 0.4) is 0 Å². The zero-order chi connectivity index (χ0) is 19.9. The van der Waals surface area contributed by atoms with Crippen molar-refractivity contribution in [2.24, 2.45) is 12.1 Å². The van der Waals surface area contributed by atoms with Crippen molar-refractivity contribution in [3.05, 3.63) is 64.5 Å². The van der Waals surface area contributed by atoms with Crippen molar-refractivity contribution in [3.8, 4) is 11.4 Å². The van der Waals surface area contributed by atoms with Crippen LogP contribution in [0.25, 0.3) is 11.4 Å². The number of nitro benzene ring substituents is 1. The quantitative estimate of drug-likeness (QED) is 0.279. The van der Waals surface area contributed by atoms with E-state index >= 15 is 0 Å². The average Bonchev–Trinajstić information content (AvgIpc) is 3.08. The Morgan fingerprint density at radius 3 is 2.96 bits per heavy atom. The van der Waals surface area contributed by atoms with Crippen molar-refractivity contribution in [3.63, 3.8) is 0 Å². The first-order chi connectivity index (χ1) is 13.5. The normalized spacial score (nSPS) is 10.9. The van der Waals surface area contributed by atoms with E-state index in [1.165, 1.54) is 30.1 Å². The van der Waals surface area contributed by atoms with Crippen LogP contribution >= 0.6 is 11.8 Å². The van der Waals surface area contributed by atoms with Gasteiger partial charge in [-0.3, -0.25) is 19.9 Å². The van der Waals surface area contributed by atoms with Crippen LogP contribution in [0.1, 0.15) is 5.56 Å². The maximum atomic E-state index is 11.9. The first kappa shape index (κ1) is 19.2. The van der Waals surface area contributed by atoms with Gasteiger partial charge >= 0.3 is 0 Å². The maximum absolute atomic E-state index is 11.9. The molecular formula is C17H15N7O3S. The van der Waals surface area contributed by atoms with Gasteiger partial charge in [0.15, 0.2) is 11.0 Å². The molecule has 2 aromatic heterocycles. The summed E-state index contributed by atoms with van der Waals surface area (Å²) in [5.74, 6) is 0.261. The number of nitro groups is 1. The molecule has 0 radical (unpaired) electrons. The average molecular weight is 397 g/mol. The van der Waals surface area contributed by atoms with Crippen LogP contribution in [0.2, 0.25) is 0 Å². The van der Waals surface area contributed by atoms with Crippen LogP contribution in [0, 0.1) is 10.1 Å². The van der Waals surface area contributed by atoms with Gasteiger partial charge in [-0.2, -0.15) is 5.10 Å². The molecule has 0 spiro atoms. The molecule has 2 heterocycles. The second-order valence-corrected chi connectivity index (χ2v) is 6.48. The highest BCUT2D eigenvalue weighted by Gasteiger charge is 2.15. The van der Waals surface area contributed by atoms with E-state index in [4.69, 9.17) is 0 Å². The Bertz CT molecular complexity index is 1020. The number of aromatic nitrogens is 4. The number of thioether (sulfide) groups is 1. The third-order valence-electron chi connectivity index (χ3n) is 3.57. The molecule has 0 atom stereocenters. The van der Waals surface area contributed by atoms with Gasteiger partial charge in [0, 0.05) is 42.7 Å². The fourth-order valence-corrected chi connectivity index (χ4v) is 2.95. The highest BCUT2D eigenvalue weighted by atomic mass is 32.2. The van der Waals surface area contributed by atoms with Gasteiger partial charge in [0.2, 0.25) is 0 Å². The van der Waals surface area contributed by atoms with E-state index in [0.717, 1.165) is 5.56 Å². The number of hydrazone groups is 1. The molecule has 0 bridgehead atoms. The van der Waals surface area contributed by atoms with Crippen LogP contribution in [-0.4, -0.2) is 42.5 Å². The van der Waals surface area contributed by atoms with E-state index in [1.54, 1.807) is 42.2 Å². The van der Waals surface area contributed by atoms with Gasteiger partial charge < -0.3 is 4.57 Å². The minimum Gasteiger partial charge on any atom is -0.305 e. The highest BCUT2D eigenvalue weighted by Crippen LogP contribution is 2.25. The van der Waals surface area contributed by atoms with E-state index in [0.29, 0.717) is 16.5 Å². The van der Waals surface area contributed by atoms with Crippen molar-refractivity contribution < 1.29 is 9.72 Å². The number of non-ortho nitro benzene ring substituents is 1. The fraction of sp³-hybridized carbons (Fsp3) is 0.118. The number of nitrogens with one attached hydrogen (secondary N) is 1. The summed E-state index contributed by atoms with van der Waals surface area (Å²) in [6, 6.07) is 9.72. The van der Waals surface area contributed by atoms with Gasteiger partial charge in [-0.15, -0.1) is 10.2 Å². The Kier molecular flexibility index (Phi) is 6.07. The van der Waals surface area contributed by atoms with Crippen molar-refractivity contribution in [2.75, 3.05) is 5.75 Å². The summed E-state index contributed by atoms with van der Waals surface area (Å²) in [7, 11) is 1.73. The summed E-state index contributed by atoms with van der Waals surface area (Å²) < 4.78 is 1.68. The number of amides is 1. The summed E-state index contributed by atoms with van der Waals surface area (Å²) in [6.45, 7) is 0. The molecule has 28 heavy (non-hydrogen) atoms. The Labute approximate surface area is 163 Å². The molecule has 1 N–H and O–H groups in total. The van der Waals surface area contributed by atoms with Gasteiger partial charge in [-0.1, -0.05) is 30.0 Å². The number of nitrogens with zero attached hydrogens (tertiary/aromatic N) is 6. The smallest absolute Gasteiger partial charge is 0.270 e. The molecule has 3 aromatic rings. The first-order valence-electron chi connectivity index (χ1n) is 8.03. The highest BCUT2D eigenvalue weighted by molar-refractivity contribution is 7.99. The molecule has 1 aromatic carbocycles. The van der Waals surface area contributed by atoms with Crippen LogP contribution in [0.5, 0.6) is 0 Å². The van der Waals surface area contributed by atoms with Gasteiger partial charge in [0.1, 0.15) is 0 Å². The second kappa shape index (κ2) is 8.86. The topological polar surface area (TPSA) is 128 Å². The molecule has 1 amide bonds. The minimum absolute atomic E-state index is 0.0273. The Hall–Kier alpha value is -3.60. The van der Waals surface area contributed by atoms with E-state index in [9.17, 15) is 14.9 Å². The van der Waals surface area contributed by atoms with Gasteiger partial charge in [0.25, 0.3) is 11.6 Å². The third kappa shape index (κ3) is 4.76. The minimum atomic E-state index is -0.466. The van der Waals surface area contributed by atoms with Crippen LogP contribution in [0.4, 0.5) is 5.69 Å². The summed E-state index contributed by atoms with van der Waals surface area (Å²) >= 11 is 1.18. The van der Waals surface area contributed by atoms with Crippen molar-refractivity contribution >= 4 is 29.6 Å². The lowest BCUT2D eigenvalue weighted by Crippen LogP contribution is -2.19. The third-order valence-corrected chi connectivity index (χ3v) is 4.59.